The van der Waals surface area contributed by atoms with E-state index < -0.39 is 29.9 Å². The van der Waals surface area contributed by atoms with E-state index in [0.29, 0.717) is 47.3 Å². The highest BCUT2D eigenvalue weighted by Crippen LogP contribution is 2.34. The molecular weight excluding hydrogens is 661 g/mol. The molecule has 3 aromatic rings. The van der Waals surface area contributed by atoms with Crippen LogP contribution in [0.1, 0.15) is 50.4 Å². The lowest BCUT2D eigenvalue weighted by Crippen LogP contribution is -2.48. The van der Waals surface area contributed by atoms with Gasteiger partial charge in [-0.3, -0.25) is 4.79 Å². The molecule has 0 bridgehead atoms. The minimum absolute atomic E-state index is 0.129. The van der Waals surface area contributed by atoms with Crippen molar-refractivity contribution in [3.8, 4) is 17.2 Å². The summed E-state index contributed by atoms with van der Waals surface area (Å²) in [4.78, 5) is 43.5. The average molecular weight is 708 g/mol. The monoisotopic (exact) mass is 707 g/mol. The van der Waals surface area contributed by atoms with Crippen LogP contribution in [-0.4, -0.2) is 91.3 Å². The molecule has 0 spiro atoms. The second-order valence-corrected chi connectivity index (χ2v) is 13.0. The fourth-order valence-corrected chi connectivity index (χ4v) is 5.84. The number of carbonyl (C=O) groups excluding carboxylic acids is 3. The number of rotatable bonds is 7. The molecule has 51 heavy (non-hydrogen) atoms. The average Bonchev–Trinajstić information content (AvgIpc) is 3.58. The molecule has 5 rings (SSSR count). The van der Waals surface area contributed by atoms with Crippen LogP contribution < -0.4 is 30.2 Å². The number of halogens is 1. The largest absolute Gasteiger partial charge is 0.490 e. The van der Waals surface area contributed by atoms with Gasteiger partial charge in [0.15, 0.2) is 11.5 Å². The topological polar surface area (TPSA) is 151 Å². The van der Waals surface area contributed by atoms with Crippen molar-refractivity contribution in [1.82, 2.24) is 9.80 Å². The first-order valence-electron chi connectivity index (χ1n) is 17.1. The number of amides is 5. The lowest BCUT2D eigenvalue weighted by molar-refractivity contribution is -0.0115. The van der Waals surface area contributed by atoms with Crippen molar-refractivity contribution in [2.24, 2.45) is 5.92 Å². The Morgan fingerprint density at radius 2 is 1.61 bits per heavy atom. The first-order chi connectivity index (χ1) is 24.5. The number of carbonyl (C=O) groups is 3. The van der Waals surface area contributed by atoms with E-state index in [0.717, 1.165) is 12.8 Å². The highest BCUT2D eigenvalue weighted by molar-refractivity contribution is 6.02. The Hall–Kier alpha value is -5.08. The number of nitrogens with zero attached hydrogens (tertiary/aromatic N) is 2. The van der Waals surface area contributed by atoms with Crippen molar-refractivity contribution in [2.75, 3.05) is 56.1 Å². The van der Waals surface area contributed by atoms with Gasteiger partial charge in [0.25, 0.3) is 5.91 Å². The molecule has 0 saturated heterocycles. The van der Waals surface area contributed by atoms with Gasteiger partial charge in [-0.2, -0.15) is 0 Å². The molecule has 0 aromatic heterocycles. The zero-order valence-corrected chi connectivity index (χ0v) is 29.3. The predicted molar refractivity (Wildman–Crippen MR) is 190 cm³/mol. The smallest absolute Gasteiger partial charge is 0.323 e. The van der Waals surface area contributed by atoms with Crippen molar-refractivity contribution < 1.29 is 42.8 Å². The summed E-state index contributed by atoms with van der Waals surface area (Å²) in [6.07, 6.45) is 1.59. The molecule has 0 radical (unpaired) electrons. The van der Waals surface area contributed by atoms with Crippen LogP contribution in [-0.2, 0) is 4.74 Å². The SMILES string of the molecule is C[C@@H]1CCCCO[C@H](CN(C)C(=O)Nc2ccc3c(c2)OCO3)[C@@H](C)CN([C@H](C)CO)C(=O)c2cc(NC(=O)Nc3ccc(F)cc3)ccc2O1. The third kappa shape index (κ3) is 10.0. The van der Waals surface area contributed by atoms with Crippen LogP contribution in [0.4, 0.5) is 31.0 Å². The lowest BCUT2D eigenvalue weighted by Gasteiger charge is -2.35. The van der Waals surface area contributed by atoms with Crippen LogP contribution in [0.3, 0.4) is 0 Å². The van der Waals surface area contributed by atoms with Gasteiger partial charge in [-0.25, -0.2) is 14.0 Å². The summed E-state index contributed by atoms with van der Waals surface area (Å²) >= 11 is 0. The molecule has 0 saturated carbocycles. The highest BCUT2D eigenvalue weighted by atomic mass is 19.1. The second-order valence-electron chi connectivity index (χ2n) is 13.0. The molecule has 13 nitrogen and oxygen atoms in total. The predicted octanol–water partition coefficient (Wildman–Crippen LogP) is 6.16. The second kappa shape index (κ2) is 17.2. The van der Waals surface area contributed by atoms with Gasteiger partial charge in [0.05, 0.1) is 30.4 Å². The normalized spacial score (nSPS) is 19.9. The fraction of sp³-hybridized carbons (Fsp3) is 0.432. The molecule has 2 heterocycles. The molecule has 0 unspecified atom stereocenters. The van der Waals surface area contributed by atoms with Crippen LogP contribution in [0, 0.1) is 11.7 Å². The van der Waals surface area contributed by atoms with Crippen LogP contribution >= 0.6 is 0 Å². The third-order valence-corrected chi connectivity index (χ3v) is 8.84. The number of urea groups is 2. The summed E-state index contributed by atoms with van der Waals surface area (Å²) in [6, 6.07) is 13.9. The number of fused-ring (bicyclic) bond motifs is 2. The van der Waals surface area contributed by atoms with Crippen LogP contribution in [0.15, 0.2) is 60.7 Å². The molecule has 0 fully saturated rings. The highest BCUT2D eigenvalue weighted by Gasteiger charge is 2.31. The summed E-state index contributed by atoms with van der Waals surface area (Å²) in [6.45, 7) is 6.33. The molecular formula is C37H46FN5O8. The molecule has 2 aliphatic heterocycles. The van der Waals surface area contributed by atoms with Gasteiger partial charge in [0.1, 0.15) is 11.6 Å². The minimum Gasteiger partial charge on any atom is -0.490 e. The number of anilines is 3. The molecule has 3 aromatic carbocycles. The van der Waals surface area contributed by atoms with Crippen molar-refractivity contribution >= 4 is 35.0 Å². The number of ether oxygens (including phenoxy) is 4. The van der Waals surface area contributed by atoms with Gasteiger partial charge < -0.3 is 49.8 Å². The molecule has 5 amide bonds. The summed E-state index contributed by atoms with van der Waals surface area (Å²) < 4.78 is 36.8. The summed E-state index contributed by atoms with van der Waals surface area (Å²) in [7, 11) is 1.68. The molecule has 14 heteroatoms. The first kappa shape index (κ1) is 37.2. The summed E-state index contributed by atoms with van der Waals surface area (Å²) in [5, 5.41) is 18.5. The first-order valence-corrected chi connectivity index (χ1v) is 17.1. The zero-order valence-electron chi connectivity index (χ0n) is 29.3. The number of likely N-dealkylation sites (N-methyl/N-ethyl adjacent to an activating group) is 1. The number of hydrogen-bond donors (Lipinski definition) is 4. The number of benzene rings is 3. The Labute approximate surface area is 297 Å². The van der Waals surface area contributed by atoms with Gasteiger partial charge >= 0.3 is 12.1 Å². The third-order valence-electron chi connectivity index (χ3n) is 8.84. The van der Waals surface area contributed by atoms with Gasteiger partial charge in [0.2, 0.25) is 6.79 Å². The standard InChI is InChI=1S/C37H46FN5O8/c1-23-19-43(24(2)21-44)35(45)30-17-28(40-36(46)39-27-10-8-26(38)9-11-27)12-14-31(30)51-25(3)7-5-6-16-48-34(23)20-42(4)37(47)41-29-13-15-32-33(18-29)50-22-49-32/h8-15,17-18,23-25,34,44H,5-7,16,19-22H2,1-4H3,(H,41,47)(H2,39,40,46)/t23-,24+,25+,34+/m0/s1. The van der Waals surface area contributed by atoms with Crippen molar-refractivity contribution in [1.29, 1.82) is 0 Å². The Bertz CT molecular complexity index is 1680. The van der Waals surface area contributed by atoms with Crippen molar-refractivity contribution in [3.63, 3.8) is 0 Å². The quantitative estimate of drug-likeness (QED) is 0.228. The fourth-order valence-electron chi connectivity index (χ4n) is 5.84. The summed E-state index contributed by atoms with van der Waals surface area (Å²) in [5.74, 6) is 0.422. The number of hydrogen-bond acceptors (Lipinski definition) is 8. The Morgan fingerprint density at radius 1 is 0.941 bits per heavy atom. The van der Waals surface area contributed by atoms with E-state index in [4.69, 9.17) is 18.9 Å². The van der Waals surface area contributed by atoms with Gasteiger partial charge in [0, 0.05) is 55.8 Å². The van der Waals surface area contributed by atoms with Crippen LogP contribution in [0.2, 0.25) is 0 Å². The van der Waals surface area contributed by atoms with E-state index in [1.165, 1.54) is 29.2 Å². The zero-order chi connectivity index (χ0) is 36.5. The molecule has 4 atom stereocenters. The number of aliphatic hydroxyl groups excluding tert-OH is 1. The van der Waals surface area contributed by atoms with E-state index in [9.17, 15) is 23.9 Å². The molecule has 4 N–H and O–H groups in total. The maximum absolute atomic E-state index is 14.4. The van der Waals surface area contributed by atoms with E-state index in [1.807, 2.05) is 13.8 Å². The van der Waals surface area contributed by atoms with Gasteiger partial charge in [-0.05, 0) is 87.7 Å². The lowest BCUT2D eigenvalue weighted by atomic mass is 10.0. The van der Waals surface area contributed by atoms with E-state index >= 15 is 0 Å². The Balaban J connectivity index is 1.34. The van der Waals surface area contributed by atoms with E-state index in [-0.39, 0.29) is 50.1 Å². The maximum atomic E-state index is 14.4. The van der Waals surface area contributed by atoms with E-state index in [2.05, 4.69) is 16.0 Å². The number of nitrogens with one attached hydrogen (secondary N) is 3. The molecule has 2 aliphatic rings. The van der Waals surface area contributed by atoms with Crippen LogP contribution in [0.25, 0.3) is 0 Å². The molecule has 274 valence electrons. The number of aliphatic hydroxyl groups is 1. The Kier molecular flexibility index (Phi) is 12.6. The van der Waals surface area contributed by atoms with Crippen LogP contribution in [0.5, 0.6) is 17.2 Å². The Morgan fingerprint density at radius 3 is 2.35 bits per heavy atom. The van der Waals surface area contributed by atoms with Crippen molar-refractivity contribution in [3.05, 3.63) is 72.0 Å². The molecule has 0 aliphatic carbocycles. The maximum Gasteiger partial charge on any atom is 0.323 e. The van der Waals surface area contributed by atoms with E-state index in [1.54, 1.807) is 55.3 Å². The minimum atomic E-state index is -0.579. The summed E-state index contributed by atoms with van der Waals surface area (Å²) in [5.41, 5.74) is 1.50. The van der Waals surface area contributed by atoms with Gasteiger partial charge in [-0.1, -0.05) is 6.92 Å². The van der Waals surface area contributed by atoms with Crippen molar-refractivity contribution in [2.45, 2.75) is 58.3 Å². The van der Waals surface area contributed by atoms with Gasteiger partial charge in [-0.15, -0.1) is 0 Å².